The molecule has 1 rings (SSSR count). The van der Waals surface area contributed by atoms with Crippen LogP contribution >= 0.6 is 0 Å². The second-order valence-corrected chi connectivity index (χ2v) is 3.15. The van der Waals surface area contributed by atoms with Gasteiger partial charge in [-0.25, -0.2) is 4.79 Å². The normalized spacial score (nSPS) is 9.00. The lowest BCUT2D eigenvalue weighted by molar-refractivity contribution is 0.0522. The van der Waals surface area contributed by atoms with Crippen LogP contribution in [0.4, 0.5) is 0 Å². The molecule has 1 aromatic carbocycles. The van der Waals surface area contributed by atoms with E-state index in [0.29, 0.717) is 24.5 Å². The summed E-state index contributed by atoms with van der Waals surface area (Å²) in [6.07, 6.45) is 0. The molecule has 0 aliphatic heterocycles. The van der Waals surface area contributed by atoms with Crippen molar-refractivity contribution in [3.8, 4) is 5.75 Å². The molecule has 0 bridgehead atoms. The highest BCUT2D eigenvalue weighted by atomic mass is 16.5. The third kappa shape index (κ3) is 4.89. The highest BCUT2D eigenvalue weighted by molar-refractivity contribution is 5.92. The van der Waals surface area contributed by atoms with Gasteiger partial charge in [0.1, 0.15) is 11.3 Å². The molecule has 0 aliphatic carbocycles. The number of aryl methyl sites for hydroxylation is 1. The van der Waals surface area contributed by atoms with Crippen molar-refractivity contribution in [2.75, 3.05) is 13.2 Å². The molecule has 3 nitrogen and oxygen atoms in total. The van der Waals surface area contributed by atoms with E-state index < -0.39 is 0 Å². The molecule has 1 aromatic rings. The van der Waals surface area contributed by atoms with Crippen LogP contribution in [0, 0.1) is 6.92 Å². The van der Waals surface area contributed by atoms with Crippen molar-refractivity contribution in [3.05, 3.63) is 29.3 Å². The smallest absolute Gasteiger partial charge is 0.341 e. The molecule has 0 aromatic heterocycles. The number of benzene rings is 1. The van der Waals surface area contributed by atoms with E-state index in [-0.39, 0.29) is 5.97 Å². The number of rotatable bonds is 4. The SMILES string of the molecule is CC.CCOC(=O)c1ccc(C)cc1OCC. The van der Waals surface area contributed by atoms with Gasteiger partial charge in [0.25, 0.3) is 0 Å². The van der Waals surface area contributed by atoms with Crippen molar-refractivity contribution >= 4 is 5.97 Å². The number of carbonyl (C=O) groups is 1. The molecule has 0 atom stereocenters. The van der Waals surface area contributed by atoms with Gasteiger partial charge in [-0.15, -0.1) is 0 Å². The van der Waals surface area contributed by atoms with Gasteiger partial charge in [-0.3, -0.25) is 0 Å². The molecule has 0 heterocycles. The Balaban J connectivity index is 0.00000121. The highest BCUT2D eigenvalue weighted by Crippen LogP contribution is 2.21. The van der Waals surface area contributed by atoms with Gasteiger partial charge in [-0.1, -0.05) is 19.9 Å². The van der Waals surface area contributed by atoms with Gasteiger partial charge < -0.3 is 9.47 Å². The minimum atomic E-state index is -0.332. The molecule has 0 amide bonds. The second kappa shape index (κ2) is 8.62. The Morgan fingerprint density at radius 1 is 1.18 bits per heavy atom. The molecule has 0 aliphatic rings. The average molecular weight is 238 g/mol. The summed E-state index contributed by atoms with van der Waals surface area (Å²) in [7, 11) is 0. The summed E-state index contributed by atoms with van der Waals surface area (Å²) in [5.41, 5.74) is 1.55. The molecule has 0 N–H and O–H groups in total. The zero-order chi connectivity index (χ0) is 13.3. The Morgan fingerprint density at radius 2 is 1.82 bits per heavy atom. The van der Waals surface area contributed by atoms with Crippen molar-refractivity contribution in [1.82, 2.24) is 0 Å². The first-order valence-corrected chi connectivity index (χ1v) is 6.09. The molecular weight excluding hydrogens is 216 g/mol. The van der Waals surface area contributed by atoms with Crippen molar-refractivity contribution in [2.45, 2.75) is 34.6 Å². The van der Waals surface area contributed by atoms with Crippen LogP contribution in [0.15, 0.2) is 18.2 Å². The molecule has 0 saturated heterocycles. The predicted octanol–water partition coefficient (Wildman–Crippen LogP) is 3.60. The summed E-state index contributed by atoms with van der Waals surface area (Å²) in [6.45, 7) is 10.5. The average Bonchev–Trinajstić information content (AvgIpc) is 2.32. The van der Waals surface area contributed by atoms with Crippen molar-refractivity contribution in [3.63, 3.8) is 0 Å². The lowest BCUT2D eigenvalue weighted by Crippen LogP contribution is -2.07. The van der Waals surface area contributed by atoms with E-state index in [2.05, 4.69) is 0 Å². The van der Waals surface area contributed by atoms with Crippen LogP contribution in [0.2, 0.25) is 0 Å². The van der Waals surface area contributed by atoms with Gasteiger partial charge in [0, 0.05) is 0 Å². The monoisotopic (exact) mass is 238 g/mol. The first kappa shape index (κ1) is 15.5. The zero-order valence-electron chi connectivity index (χ0n) is 11.4. The number of carbonyl (C=O) groups excluding carboxylic acids is 1. The van der Waals surface area contributed by atoms with E-state index >= 15 is 0 Å². The van der Waals surface area contributed by atoms with Crippen molar-refractivity contribution in [2.24, 2.45) is 0 Å². The fraction of sp³-hybridized carbons (Fsp3) is 0.500. The topological polar surface area (TPSA) is 35.5 Å². The molecular formula is C14H22O3. The standard InChI is InChI=1S/C12H16O3.C2H6/c1-4-14-11-8-9(3)6-7-10(11)12(13)15-5-2;1-2/h6-8H,4-5H2,1-3H3;1-2H3. The molecule has 0 unspecified atom stereocenters. The number of hydrogen-bond acceptors (Lipinski definition) is 3. The van der Waals surface area contributed by atoms with Gasteiger partial charge in [0.15, 0.2) is 0 Å². The van der Waals surface area contributed by atoms with Gasteiger partial charge >= 0.3 is 5.97 Å². The Labute approximate surface area is 104 Å². The van der Waals surface area contributed by atoms with Crippen LogP contribution in [0.1, 0.15) is 43.6 Å². The Morgan fingerprint density at radius 3 is 2.35 bits per heavy atom. The van der Waals surface area contributed by atoms with Gasteiger partial charge in [-0.2, -0.15) is 0 Å². The van der Waals surface area contributed by atoms with Crippen LogP contribution in [-0.4, -0.2) is 19.2 Å². The minimum Gasteiger partial charge on any atom is -0.493 e. The maximum Gasteiger partial charge on any atom is 0.341 e. The first-order chi connectivity index (χ1) is 8.19. The molecule has 0 radical (unpaired) electrons. The summed E-state index contributed by atoms with van der Waals surface area (Å²) in [5, 5.41) is 0. The predicted molar refractivity (Wildman–Crippen MR) is 69.7 cm³/mol. The second-order valence-electron chi connectivity index (χ2n) is 3.15. The van der Waals surface area contributed by atoms with Gasteiger partial charge in [-0.05, 0) is 38.5 Å². The van der Waals surface area contributed by atoms with Gasteiger partial charge in [0.2, 0.25) is 0 Å². The summed E-state index contributed by atoms with van der Waals surface area (Å²) in [6, 6.07) is 5.45. The van der Waals surface area contributed by atoms with Crippen LogP contribution in [0.5, 0.6) is 5.75 Å². The summed E-state index contributed by atoms with van der Waals surface area (Å²) >= 11 is 0. The van der Waals surface area contributed by atoms with Crippen LogP contribution < -0.4 is 4.74 Å². The molecule has 17 heavy (non-hydrogen) atoms. The van der Waals surface area contributed by atoms with Crippen molar-refractivity contribution < 1.29 is 14.3 Å². The summed E-state index contributed by atoms with van der Waals surface area (Å²) in [4.78, 5) is 11.5. The van der Waals surface area contributed by atoms with Gasteiger partial charge in [0.05, 0.1) is 13.2 Å². The summed E-state index contributed by atoms with van der Waals surface area (Å²) in [5.74, 6) is 0.261. The molecule has 96 valence electrons. The Bertz CT molecular complexity index is 345. The van der Waals surface area contributed by atoms with E-state index in [1.807, 2.05) is 39.8 Å². The quantitative estimate of drug-likeness (QED) is 0.752. The van der Waals surface area contributed by atoms with Crippen LogP contribution in [0.25, 0.3) is 0 Å². The zero-order valence-corrected chi connectivity index (χ0v) is 11.4. The van der Waals surface area contributed by atoms with E-state index in [9.17, 15) is 4.79 Å². The van der Waals surface area contributed by atoms with Crippen LogP contribution in [-0.2, 0) is 4.74 Å². The number of esters is 1. The van der Waals surface area contributed by atoms with E-state index in [1.54, 1.807) is 13.0 Å². The number of hydrogen-bond donors (Lipinski definition) is 0. The third-order valence-corrected chi connectivity index (χ3v) is 1.93. The maximum absolute atomic E-state index is 11.5. The maximum atomic E-state index is 11.5. The largest absolute Gasteiger partial charge is 0.493 e. The van der Waals surface area contributed by atoms with Crippen LogP contribution in [0.3, 0.4) is 0 Å². The van der Waals surface area contributed by atoms with Crippen molar-refractivity contribution in [1.29, 1.82) is 0 Å². The van der Waals surface area contributed by atoms with E-state index in [0.717, 1.165) is 5.56 Å². The molecule has 0 fully saturated rings. The first-order valence-electron chi connectivity index (χ1n) is 6.09. The fourth-order valence-corrected chi connectivity index (χ4v) is 1.28. The fourth-order valence-electron chi connectivity index (χ4n) is 1.28. The Hall–Kier alpha value is -1.51. The third-order valence-electron chi connectivity index (χ3n) is 1.93. The molecule has 0 saturated carbocycles. The molecule has 0 spiro atoms. The van der Waals surface area contributed by atoms with E-state index in [4.69, 9.17) is 9.47 Å². The summed E-state index contributed by atoms with van der Waals surface area (Å²) < 4.78 is 10.3. The number of ether oxygens (including phenoxy) is 2. The molecule has 3 heteroatoms. The lowest BCUT2D eigenvalue weighted by atomic mass is 10.1. The van der Waals surface area contributed by atoms with E-state index in [1.165, 1.54) is 0 Å². The lowest BCUT2D eigenvalue weighted by Gasteiger charge is -2.09. The Kier molecular flexibility index (Phi) is 7.85. The minimum absolute atomic E-state index is 0.332. The highest BCUT2D eigenvalue weighted by Gasteiger charge is 2.13.